The second kappa shape index (κ2) is 16.2. The number of ketones is 1. The number of aliphatic hydroxyl groups excluding tert-OH is 2. The molecule has 304 valence electrons. The minimum Gasteiger partial charge on any atom is -0.481 e. The minimum atomic E-state index is -1.37. The first-order valence-corrected chi connectivity index (χ1v) is 20.7. The van der Waals surface area contributed by atoms with E-state index in [-0.39, 0.29) is 41.8 Å². The zero-order chi connectivity index (χ0) is 39.3. The zero-order valence-electron chi connectivity index (χ0n) is 34.0. The van der Waals surface area contributed by atoms with Crippen LogP contribution < -0.4 is 0 Å². The van der Waals surface area contributed by atoms with E-state index in [1.807, 2.05) is 41.5 Å². The maximum atomic E-state index is 14.4. The van der Waals surface area contributed by atoms with Crippen LogP contribution in [0.15, 0.2) is 12.2 Å². The molecule has 2 spiro atoms. The summed E-state index contributed by atoms with van der Waals surface area (Å²) < 4.78 is 33.5. The summed E-state index contributed by atoms with van der Waals surface area (Å²) in [6.07, 6.45) is 5.51. The second-order valence-corrected chi connectivity index (χ2v) is 17.9. The number of rotatable bonds is 12. The van der Waals surface area contributed by atoms with Crippen LogP contribution in [0.25, 0.3) is 0 Å². The van der Waals surface area contributed by atoms with E-state index in [0.717, 1.165) is 6.42 Å². The van der Waals surface area contributed by atoms with Gasteiger partial charge in [0.1, 0.15) is 11.9 Å². The molecule has 5 rings (SSSR count). The Morgan fingerprint density at radius 3 is 2.17 bits per heavy atom. The van der Waals surface area contributed by atoms with Gasteiger partial charge in [-0.2, -0.15) is 0 Å². The first-order valence-electron chi connectivity index (χ1n) is 20.7. The Bertz CT molecular complexity index is 1320. The van der Waals surface area contributed by atoms with Gasteiger partial charge in [0.15, 0.2) is 5.79 Å². The molecule has 5 heterocycles. The molecule has 11 nitrogen and oxygen atoms in total. The molecule has 5 aliphatic heterocycles. The highest BCUT2D eigenvalue weighted by Gasteiger charge is 2.63. The molecule has 0 aromatic heterocycles. The first kappa shape index (κ1) is 42.7. The molecule has 4 N–H and O–H groups in total. The predicted octanol–water partition coefficient (Wildman–Crippen LogP) is 6.19. The van der Waals surface area contributed by atoms with Gasteiger partial charge in [-0.1, -0.05) is 55.4 Å². The molecule has 4 fully saturated rings. The quantitative estimate of drug-likeness (QED) is 0.169. The van der Waals surface area contributed by atoms with E-state index in [2.05, 4.69) is 20.8 Å². The lowest BCUT2D eigenvalue weighted by Crippen LogP contribution is -2.63. The Morgan fingerprint density at radius 1 is 0.887 bits per heavy atom. The van der Waals surface area contributed by atoms with Gasteiger partial charge < -0.3 is 44.1 Å². The lowest BCUT2D eigenvalue weighted by Gasteiger charge is -2.54. The van der Waals surface area contributed by atoms with Gasteiger partial charge in [0, 0.05) is 30.1 Å². The number of carboxylic acids is 1. The van der Waals surface area contributed by atoms with Crippen molar-refractivity contribution in [3.8, 4) is 0 Å². The largest absolute Gasteiger partial charge is 0.481 e. The molecule has 5 aliphatic rings. The topological polar surface area (TPSA) is 161 Å². The monoisotopic (exact) mass is 750 g/mol. The van der Waals surface area contributed by atoms with Gasteiger partial charge in [-0.25, -0.2) is 0 Å². The fourth-order valence-electron chi connectivity index (χ4n) is 10.5. The third kappa shape index (κ3) is 7.94. The summed E-state index contributed by atoms with van der Waals surface area (Å²) in [5.41, 5.74) is -1.63. The number of carbonyl (C=O) groups is 2. The van der Waals surface area contributed by atoms with Crippen molar-refractivity contribution in [2.24, 2.45) is 41.4 Å². The highest BCUT2D eigenvalue weighted by Crippen LogP contribution is 2.54. The maximum absolute atomic E-state index is 14.4. The highest BCUT2D eigenvalue weighted by atomic mass is 16.8. The molecule has 4 saturated heterocycles. The van der Waals surface area contributed by atoms with E-state index in [9.17, 15) is 30.0 Å². The summed E-state index contributed by atoms with van der Waals surface area (Å²) in [6.45, 7) is 19.6. The summed E-state index contributed by atoms with van der Waals surface area (Å²) in [7, 11) is 0. The Morgan fingerprint density at radius 2 is 1.57 bits per heavy atom. The molecule has 18 atom stereocenters. The van der Waals surface area contributed by atoms with E-state index >= 15 is 0 Å². The van der Waals surface area contributed by atoms with E-state index < -0.39 is 76.8 Å². The fraction of sp³-hybridized carbons (Fsp3) is 0.905. The molecule has 0 amide bonds. The summed E-state index contributed by atoms with van der Waals surface area (Å²) in [5.74, 6) is -5.78. The smallest absolute Gasteiger partial charge is 0.309 e. The van der Waals surface area contributed by atoms with Gasteiger partial charge in [0.25, 0.3) is 0 Å². The van der Waals surface area contributed by atoms with Crippen LogP contribution in [-0.2, 0) is 33.3 Å². The molecular formula is C42H70O11. The molecule has 53 heavy (non-hydrogen) atoms. The average molecular weight is 751 g/mol. The maximum Gasteiger partial charge on any atom is 0.309 e. The van der Waals surface area contributed by atoms with Crippen LogP contribution in [0.3, 0.4) is 0 Å². The first-order chi connectivity index (χ1) is 24.8. The molecule has 0 radical (unpaired) electrons. The van der Waals surface area contributed by atoms with Crippen molar-refractivity contribution in [1.82, 2.24) is 0 Å². The molecule has 11 heteroatoms. The Balaban J connectivity index is 1.31. The number of Topliss-reactive ketones (excluding diaryl/α,β-unsaturated/α-hetero) is 1. The van der Waals surface area contributed by atoms with Crippen molar-refractivity contribution in [3.63, 3.8) is 0 Å². The Kier molecular flexibility index (Phi) is 13.0. The average Bonchev–Trinajstić information content (AvgIpc) is 3.47. The zero-order valence-corrected chi connectivity index (χ0v) is 34.0. The van der Waals surface area contributed by atoms with Gasteiger partial charge in [-0.3, -0.25) is 9.59 Å². The summed E-state index contributed by atoms with van der Waals surface area (Å²) in [5, 5.41) is 44.0. The lowest BCUT2D eigenvalue weighted by atomic mass is 9.72. The van der Waals surface area contributed by atoms with Gasteiger partial charge in [-0.05, 0) is 95.6 Å². The van der Waals surface area contributed by atoms with E-state index in [0.29, 0.717) is 57.8 Å². The van der Waals surface area contributed by atoms with E-state index in [1.165, 1.54) is 0 Å². The normalized spacial score (nSPS) is 46.2. The molecule has 0 aliphatic carbocycles. The van der Waals surface area contributed by atoms with Gasteiger partial charge >= 0.3 is 5.97 Å². The molecule has 0 aromatic carbocycles. The molecular weight excluding hydrogens is 680 g/mol. The standard InChI is InChI=1S/C42H70O11/c1-11-29(38(46)47)31-15-14-23(4)36(50-31)27(8)34(44)26(7)35(45)30(12-2)37-24(5)22-25(6)41(51-37)19-16-32(43)42(53-41)21-20-39(10,52-42)33-17-18-40(48,13-3)28(9)49-33/h16,19,23-34,36-37,43-44,48H,11-15,17-18,20-22H2,1-10H3,(H,46,47)/t23-,24-,25+,26-,27-,28?,29+,30-,31+,32+,33+,34+,36+,37-,39-,40+,41-,42-/m0/s1. The van der Waals surface area contributed by atoms with Crippen LogP contribution in [0.5, 0.6) is 0 Å². The van der Waals surface area contributed by atoms with Crippen molar-refractivity contribution in [2.45, 2.75) is 199 Å². The number of aliphatic hydroxyl groups is 3. The molecule has 1 unspecified atom stereocenters. The van der Waals surface area contributed by atoms with Crippen molar-refractivity contribution < 1.29 is 53.7 Å². The molecule has 0 bridgehead atoms. The van der Waals surface area contributed by atoms with Crippen LogP contribution in [0.2, 0.25) is 0 Å². The van der Waals surface area contributed by atoms with Crippen LogP contribution in [0, 0.1) is 41.4 Å². The van der Waals surface area contributed by atoms with Crippen molar-refractivity contribution in [1.29, 1.82) is 0 Å². The number of hydrogen-bond acceptors (Lipinski definition) is 10. The van der Waals surface area contributed by atoms with Gasteiger partial charge in [0.05, 0.1) is 53.7 Å². The number of carbonyl (C=O) groups excluding carboxylic acids is 1. The lowest BCUT2D eigenvalue weighted by molar-refractivity contribution is -0.409. The summed E-state index contributed by atoms with van der Waals surface area (Å²) >= 11 is 0. The van der Waals surface area contributed by atoms with Gasteiger partial charge in [0.2, 0.25) is 5.79 Å². The number of carboxylic acid groups (broad SMARTS) is 1. The van der Waals surface area contributed by atoms with Gasteiger partial charge in [-0.15, -0.1) is 0 Å². The Labute approximate surface area is 317 Å². The van der Waals surface area contributed by atoms with Crippen molar-refractivity contribution in [3.05, 3.63) is 12.2 Å². The predicted molar refractivity (Wildman–Crippen MR) is 199 cm³/mol. The fourth-order valence-corrected chi connectivity index (χ4v) is 10.5. The number of aliphatic carboxylic acids is 1. The third-order valence-corrected chi connectivity index (χ3v) is 14.4. The van der Waals surface area contributed by atoms with E-state index in [4.69, 9.17) is 23.7 Å². The number of hydrogen-bond donors (Lipinski definition) is 4. The summed E-state index contributed by atoms with van der Waals surface area (Å²) in [6, 6.07) is 0. The van der Waals surface area contributed by atoms with Crippen LogP contribution in [0.1, 0.15) is 133 Å². The highest BCUT2D eigenvalue weighted by molar-refractivity contribution is 5.84. The van der Waals surface area contributed by atoms with Crippen molar-refractivity contribution in [2.75, 3.05) is 0 Å². The molecule has 0 saturated carbocycles. The van der Waals surface area contributed by atoms with Crippen LogP contribution >= 0.6 is 0 Å². The van der Waals surface area contributed by atoms with Crippen LogP contribution in [-0.4, -0.2) is 97.7 Å². The van der Waals surface area contributed by atoms with E-state index in [1.54, 1.807) is 19.1 Å². The second-order valence-electron chi connectivity index (χ2n) is 17.9. The molecule has 0 aromatic rings. The van der Waals surface area contributed by atoms with Crippen LogP contribution in [0.4, 0.5) is 0 Å². The Hall–Kier alpha value is -1.44. The minimum absolute atomic E-state index is 0.0137. The SMILES string of the molecule is CC[C@@H](C(=O)[C@@H](C)[C@@H](O)[C@H](C)[C@@H]1O[C@@H]([C@@H](CC)C(=O)O)CC[C@@H]1C)[C@H]1O[C@]2(C=C[C@@H](O)[C@]3(CC[C@@](C)([C@H]4CC[C@](O)(CC)C(C)O4)O3)O2)[C@H](C)C[C@@H]1C. The van der Waals surface area contributed by atoms with Crippen molar-refractivity contribution >= 4 is 11.8 Å². The summed E-state index contributed by atoms with van der Waals surface area (Å²) in [4.78, 5) is 26.4. The number of ether oxygens (including phenoxy) is 5. The third-order valence-electron chi connectivity index (χ3n) is 14.4.